The Morgan fingerprint density at radius 2 is 0.959 bits per heavy atom. The van der Waals surface area contributed by atoms with Crippen LogP contribution in [0.3, 0.4) is 0 Å². The molecule has 2 aromatic heterocycles. The maximum atomic E-state index is 2.52. The van der Waals surface area contributed by atoms with Crippen molar-refractivity contribution in [2.24, 2.45) is 0 Å². The first-order valence-corrected chi connectivity index (χ1v) is 20.5. The number of fused-ring (bicyclic) bond motifs is 6. The molecule has 49 heavy (non-hydrogen) atoms. The molecule has 0 unspecified atom stereocenters. The Morgan fingerprint density at radius 3 is 1.63 bits per heavy atom. The molecule has 0 radical (unpaired) electrons. The zero-order valence-electron chi connectivity index (χ0n) is 28.0. The van der Waals surface area contributed by atoms with Gasteiger partial charge in [-0.2, -0.15) is 0 Å². The average Bonchev–Trinajstić information content (AvgIpc) is 3.72. The lowest BCUT2D eigenvalue weighted by atomic mass is 9.94. The van der Waals surface area contributed by atoms with E-state index in [0.717, 1.165) is 19.3 Å². The SMILES string of the molecule is CCc1ccccc1N(I)c1cccc2c1sc1c(CC)cc(-c3cccc(N(I)c4cccc5c4sc4c(CC)cccc45)c3C)cc12. The molecule has 0 saturated carbocycles. The highest BCUT2D eigenvalue weighted by Gasteiger charge is 2.21. The highest BCUT2D eigenvalue weighted by molar-refractivity contribution is 14.1. The van der Waals surface area contributed by atoms with Crippen molar-refractivity contribution in [1.29, 1.82) is 0 Å². The molecule has 6 heteroatoms. The van der Waals surface area contributed by atoms with Gasteiger partial charge in [-0.25, -0.2) is 0 Å². The monoisotopic (exact) mass is 898 g/mol. The minimum atomic E-state index is 0.990. The van der Waals surface area contributed by atoms with Crippen molar-refractivity contribution in [3.63, 3.8) is 0 Å². The van der Waals surface area contributed by atoms with Gasteiger partial charge in [0.1, 0.15) is 0 Å². The summed E-state index contributed by atoms with van der Waals surface area (Å²) in [6.07, 6.45) is 3.04. The van der Waals surface area contributed by atoms with E-state index in [1.54, 1.807) is 0 Å². The van der Waals surface area contributed by atoms with Gasteiger partial charge in [0.15, 0.2) is 0 Å². The Hall–Kier alpha value is -3.18. The van der Waals surface area contributed by atoms with E-state index in [4.69, 9.17) is 0 Å². The van der Waals surface area contributed by atoms with Crippen LogP contribution in [-0.2, 0) is 19.3 Å². The number of anilines is 4. The van der Waals surface area contributed by atoms with Crippen molar-refractivity contribution in [3.05, 3.63) is 131 Å². The first-order chi connectivity index (χ1) is 23.9. The number of benzene rings is 6. The van der Waals surface area contributed by atoms with Crippen molar-refractivity contribution < 1.29 is 0 Å². The molecule has 6 aromatic carbocycles. The second-order valence-corrected chi connectivity index (χ2v) is 16.5. The molecule has 244 valence electrons. The van der Waals surface area contributed by atoms with Crippen LogP contribution in [0, 0.1) is 6.92 Å². The van der Waals surface area contributed by atoms with Crippen molar-refractivity contribution >= 4 is 131 Å². The third-order valence-corrected chi connectivity index (χ3v) is 14.6. The lowest BCUT2D eigenvalue weighted by Crippen LogP contribution is -2.04. The zero-order valence-corrected chi connectivity index (χ0v) is 33.9. The Labute approximate surface area is 324 Å². The summed E-state index contributed by atoms with van der Waals surface area (Å²) < 4.78 is 10.2. The van der Waals surface area contributed by atoms with Crippen LogP contribution in [0.25, 0.3) is 51.5 Å². The van der Waals surface area contributed by atoms with Crippen LogP contribution >= 0.6 is 68.4 Å². The Bertz CT molecular complexity index is 2530. The normalized spacial score (nSPS) is 11.7. The maximum Gasteiger partial charge on any atom is 0.0689 e. The van der Waals surface area contributed by atoms with Gasteiger partial charge in [0, 0.05) is 30.9 Å². The maximum absolute atomic E-state index is 2.52. The summed E-state index contributed by atoms with van der Waals surface area (Å²) in [6.45, 7) is 9.06. The first-order valence-electron chi connectivity index (χ1n) is 16.9. The lowest BCUT2D eigenvalue weighted by Gasteiger charge is -2.22. The van der Waals surface area contributed by atoms with Crippen LogP contribution in [0.15, 0.2) is 109 Å². The van der Waals surface area contributed by atoms with Crippen LogP contribution < -0.4 is 6.23 Å². The van der Waals surface area contributed by atoms with Gasteiger partial charge in [0.25, 0.3) is 0 Å². The molecule has 0 atom stereocenters. The molecule has 0 aliphatic rings. The summed E-state index contributed by atoms with van der Waals surface area (Å²) in [6, 6.07) is 40.8. The van der Waals surface area contributed by atoms with Crippen LogP contribution in [0.4, 0.5) is 22.7 Å². The van der Waals surface area contributed by atoms with Crippen molar-refractivity contribution in [1.82, 2.24) is 0 Å². The highest BCUT2D eigenvalue weighted by atomic mass is 127. The van der Waals surface area contributed by atoms with Crippen LogP contribution in [0.1, 0.15) is 43.0 Å². The van der Waals surface area contributed by atoms with Gasteiger partial charge in [-0.15, -0.1) is 22.7 Å². The number of hydrogen-bond acceptors (Lipinski definition) is 4. The molecular formula is C43H36I2N2S2. The highest BCUT2D eigenvalue weighted by Crippen LogP contribution is 2.48. The summed E-state index contributed by atoms with van der Waals surface area (Å²) in [5.41, 5.74) is 13.1. The Morgan fingerprint density at radius 1 is 0.469 bits per heavy atom. The van der Waals surface area contributed by atoms with E-state index in [9.17, 15) is 0 Å². The van der Waals surface area contributed by atoms with Gasteiger partial charge in [-0.1, -0.05) is 93.6 Å². The summed E-state index contributed by atoms with van der Waals surface area (Å²) >= 11 is 8.89. The summed E-state index contributed by atoms with van der Waals surface area (Å²) in [5.74, 6) is 0. The Kier molecular flexibility index (Phi) is 9.09. The van der Waals surface area contributed by atoms with E-state index in [-0.39, 0.29) is 0 Å². The van der Waals surface area contributed by atoms with Crippen LogP contribution in [0.2, 0.25) is 0 Å². The number of thiophene rings is 2. The van der Waals surface area contributed by atoms with E-state index < -0.39 is 0 Å². The first kappa shape index (κ1) is 33.0. The van der Waals surface area contributed by atoms with E-state index in [2.05, 4.69) is 189 Å². The van der Waals surface area contributed by atoms with Crippen molar-refractivity contribution in [3.8, 4) is 11.1 Å². The van der Waals surface area contributed by atoms with Gasteiger partial charge in [0.05, 0.1) is 77.9 Å². The van der Waals surface area contributed by atoms with E-state index >= 15 is 0 Å². The molecule has 8 aromatic rings. The number of halogens is 2. The Balaban J connectivity index is 1.25. The molecular weight excluding hydrogens is 862 g/mol. The summed E-state index contributed by atoms with van der Waals surface area (Å²) in [4.78, 5) is 0. The fourth-order valence-corrected chi connectivity index (χ4v) is 12.1. The average molecular weight is 899 g/mol. The van der Waals surface area contributed by atoms with Gasteiger partial charge in [-0.3, -0.25) is 6.23 Å². The topological polar surface area (TPSA) is 6.48 Å². The van der Waals surface area contributed by atoms with Crippen molar-refractivity contribution in [2.45, 2.75) is 47.0 Å². The second kappa shape index (κ2) is 13.5. The molecule has 0 bridgehead atoms. The summed E-state index contributed by atoms with van der Waals surface area (Å²) in [5, 5.41) is 5.39. The standard InChI is InChI=1S/C43H36I2N2S2/c1-5-27-14-8-9-20-37(27)47(45)39-23-13-19-34-35-25-30(24-29(7-3)41(35)49-43(34)39)31-16-11-21-36(26(31)4)46(44)38-22-12-18-33-32-17-10-15-28(6-2)40(32)48-42(33)38/h8-25H,5-7H2,1-4H3. The van der Waals surface area contributed by atoms with Crippen molar-refractivity contribution in [2.75, 3.05) is 6.23 Å². The van der Waals surface area contributed by atoms with Crippen LogP contribution in [0.5, 0.6) is 0 Å². The van der Waals surface area contributed by atoms with Gasteiger partial charge >= 0.3 is 0 Å². The molecule has 2 nitrogen and oxygen atoms in total. The fraction of sp³-hybridized carbons (Fsp3) is 0.163. The smallest absolute Gasteiger partial charge is 0.0689 e. The molecule has 0 amide bonds. The molecule has 2 heterocycles. The van der Waals surface area contributed by atoms with Gasteiger partial charge < -0.3 is 0 Å². The van der Waals surface area contributed by atoms with E-state index in [1.165, 1.54) is 96.5 Å². The third-order valence-electron chi connectivity index (χ3n) is 9.84. The number of aryl methyl sites for hydroxylation is 3. The minimum absolute atomic E-state index is 0.990. The molecule has 0 N–H and O–H groups in total. The third kappa shape index (κ3) is 5.54. The van der Waals surface area contributed by atoms with Gasteiger partial charge in [0.2, 0.25) is 0 Å². The predicted molar refractivity (Wildman–Crippen MR) is 236 cm³/mol. The summed E-state index contributed by atoms with van der Waals surface area (Å²) in [7, 11) is 0. The van der Waals surface area contributed by atoms with Crippen LogP contribution in [-0.4, -0.2) is 0 Å². The van der Waals surface area contributed by atoms with E-state index in [1.807, 2.05) is 22.7 Å². The zero-order chi connectivity index (χ0) is 33.8. The van der Waals surface area contributed by atoms with E-state index in [0.29, 0.717) is 0 Å². The molecule has 0 spiro atoms. The predicted octanol–water partition coefficient (Wildman–Crippen LogP) is 15.1. The molecule has 8 rings (SSSR count). The quantitative estimate of drug-likeness (QED) is 0.111. The number of nitrogens with zero attached hydrogens (tertiary/aromatic N) is 2. The largest absolute Gasteiger partial charge is 0.281 e. The second-order valence-electron chi connectivity index (χ2n) is 12.5. The lowest BCUT2D eigenvalue weighted by molar-refractivity contribution is 1.14. The molecule has 0 saturated heterocycles. The number of para-hydroxylation sites is 1. The molecule has 0 aliphatic carbocycles. The van der Waals surface area contributed by atoms with Gasteiger partial charge in [-0.05, 0) is 96.0 Å². The number of hydrogen-bond donors (Lipinski definition) is 0. The molecule has 0 aliphatic heterocycles. The number of rotatable bonds is 8. The molecule has 0 fully saturated rings. The minimum Gasteiger partial charge on any atom is -0.281 e. The fourth-order valence-electron chi connectivity index (χ4n) is 7.23.